The average Bonchev–Trinajstić information content (AvgIpc) is 2.84. The molecule has 0 atom stereocenters. The third-order valence-corrected chi connectivity index (χ3v) is 3.51. The number of hydrogen-bond acceptors (Lipinski definition) is 4. The molecule has 3 N–H and O–H groups in total. The highest BCUT2D eigenvalue weighted by Gasteiger charge is 2.25. The van der Waals surface area contributed by atoms with Crippen LogP contribution < -0.4 is 10.6 Å². The third-order valence-electron chi connectivity index (χ3n) is 3.51. The van der Waals surface area contributed by atoms with Crippen LogP contribution in [0.15, 0.2) is 6.33 Å². The quantitative estimate of drug-likeness (QED) is 0.668. The molecule has 0 aromatic carbocycles. The molecule has 19 heavy (non-hydrogen) atoms. The van der Waals surface area contributed by atoms with E-state index in [1.54, 1.807) is 18.1 Å². The zero-order chi connectivity index (χ0) is 14.3. The lowest BCUT2D eigenvalue weighted by atomic mass is 9.83. The lowest BCUT2D eigenvalue weighted by Gasteiger charge is -2.29. The number of aromatic nitrogens is 3. The van der Waals surface area contributed by atoms with Crippen LogP contribution in [0.3, 0.4) is 0 Å². The summed E-state index contributed by atoms with van der Waals surface area (Å²) in [6.07, 6.45) is 3.23. The van der Waals surface area contributed by atoms with Gasteiger partial charge >= 0.3 is 6.03 Å². The molecule has 0 unspecified atom stereocenters. The van der Waals surface area contributed by atoms with Crippen LogP contribution in [0.2, 0.25) is 0 Å². The van der Waals surface area contributed by atoms with Crippen molar-refractivity contribution in [3.63, 3.8) is 0 Å². The number of aliphatic hydroxyl groups excluding tert-OH is 1. The van der Waals surface area contributed by atoms with Gasteiger partial charge in [0.05, 0.1) is 13.2 Å². The van der Waals surface area contributed by atoms with E-state index >= 15 is 0 Å². The average molecular weight is 269 g/mol. The van der Waals surface area contributed by atoms with Crippen LogP contribution in [0.5, 0.6) is 0 Å². The summed E-state index contributed by atoms with van der Waals surface area (Å²) in [5.41, 5.74) is -0.236. The minimum Gasteiger partial charge on any atom is -0.396 e. The van der Waals surface area contributed by atoms with E-state index in [1.165, 1.54) is 0 Å². The first-order valence-electron chi connectivity index (χ1n) is 6.52. The molecule has 1 aromatic heterocycles. The molecular formula is C12H23N5O2. The Kier molecular flexibility index (Phi) is 5.75. The van der Waals surface area contributed by atoms with E-state index in [0.717, 1.165) is 12.8 Å². The van der Waals surface area contributed by atoms with Crippen molar-refractivity contribution in [3.05, 3.63) is 12.2 Å². The molecule has 0 aliphatic heterocycles. The molecule has 1 heterocycles. The number of rotatable bonds is 7. The Bertz CT molecular complexity index is 392. The molecule has 1 aromatic rings. The number of amides is 2. The van der Waals surface area contributed by atoms with Crippen molar-refractivity contribution in [3.8, 4) is 0 Å². The first kappa shape index (κ1) is 15.4. The number of urea groups is 1. The fourth-order valence-electron chi connectivity index (χ4n) is 1.73. The second kappa shape index (κ2) is 7.08. The Morgan fingerprint density at radius 1 is 1.42 bits per heavy atom. The smallest absolute Gasteiger partial charge is 0.315 e. The number of nitrogens with one attached hydrogen (secondary N) is 2. The molecule has 0 spiro atoms. The van der Waals surface area contributed by atoms with Crippen molar-refractivity contribution in [1.29, 1.82) is 0 Å². The second-order valence-electron chi connectivity index (χ2n) is 4.74. The predicted molar refractivity (Wildman–Crippen MR) is 71.3 cm³/mol. The molecule has 0 bridgehead atoms. The zero-order valence-electron chi connectivity index (χ0n) is 11.8. The maximum Gasteiger partial charge on any atom is 0.315 e. The number of hydrogen-bond donors (Lipinski definition) is 3. The molecule has 2 amide bonds. The highest BCUT2D eigenvalue weighted by atomic mass is 16.3. The number of aliphatic hydroxyl groups is 1. The molecule has 7 nitrogen and oxygen atoms in total. The van der Waals surface area contributed by atoms with Crippen molar-refractivity contribution in [2.45, 2.75) is 33.2 Å². The van der Waals surface area contributed by atoms with Crippen molar-refractivity contribution >= 4 is 6.03 Å². The Morgan fingerprint density at radius 3 is 2.58 bits per heavy atom. The highest BCUT2D eigenvalue weighted by molar-refractivity contribution is 5.73. The fourth-order valence-corrected chi connectivity index (χ4v) is 1.73. The van der Waals surface area contributed by atoms with Crippen molar-refractivity contribution in [1.82, 2.24) is 25.4 Å². The van der Waals surface area contributed by atoms with Crippen LogP contribution in [-0.4, -0.2) is 39.1 Å². The van der Waals surface area contributed by atoms with E-state index in [1.807, 2.05) is 13.8 Å². The predicted octanol–water partition coefficient (Wildman–Crippen LogP) is 0.413. The minimum atomic E-state index is -0.271. The van der Waals surface area contributed by atoms with Gasteiger partial charge in [-0.25, -0.2) is 9.78 Å². The molecule has 0 radical (unpaired) electrons. The van der Waals surface area contributed by atoms with Gasteiger partial charge in [-0.15, -0.1) is 0 Å². The maximum atomic E-state index is 11.7. The van der Waals surface area contributed by atoms with E-state index in [9.17, 15) is 9.90 Å². The van der Waals surface area contributed by atoms with E-state index in [2.05, 4.69) is 20.7 Å². The summed E-state index contributed by atoms with van der Waals surface area (Å²) in [7, 11) is 1.77. The minimum absolute atomic E-state index is 0.0715. The Balaban J connectivity index is 2.35. The highest BCUT2D eigenvalue weighted by Crippen LogP contribution is 2.24. The summed E-state index contributed by atoms with van der Waals surface area (Å²) in [6.45, 7) is 4.84. The van der Waals surface area contributed by atoms with Gasteiger partial charge < -0.3 is 15.7 Å². The van der Waals surface area contributed by atoms with Crippen LogP contribution in [0.25, 0.3) is 0 Å². The summed E-state index contributed by atoms with van der Waals surface area (Å²) in [5.74, 6) is 0.567. The van der Waals surface area contributed by atoms with Gasteiger partial charge in [0, 0.05) is 19.0 Å². The molecule has 0 saturated heterocycles. The van der Waals surface area contributed by atoms with E-state index in [4.69, 9.17) is 0 Å². The molecule has 7 heteroatoms. The van der Waals surface area contributed by atoms with Gasteiger partial charge in [0.15, 0.2) is 5.82 Å². The molecule has 0 saturated carbocycles. The summed E-state index contributed by atoms with van der Waals surface area (Å²) >= 11 is 0. The fraction of sp³-hybridized carbons (Fsp3) is 0.750. The lowest BCUT2D eigenvalue weighted by Crippen LogP contribution is -2.43. The van der Waals surface area contributed by atoms with Crippen LogP contribution in [0.1, 0.15) is 32.5 Å². The van der Waals surface area contributed by atoms with Crippen molar-refractivity contribution in [2.24, 2.45) is 12.5 Å². The Morgan fingerprint density at radius 2 is 2.11 bits per heavy atom. The van der Waals surface area contributed by atoms with E-state index < -0.39 is 0 Å². The lowest BCUT2D eigenvalue weighted by molar-refractivity contribution is 0.115. The normalized spacial score (nSPS) is 11.4. The Hall–Kier alpha value is -1.63. The number of carbonyl (C=O) groups excluding carboxylic acids is 1. The largest absolute Gasteiger partial charge is 0.396 e. The number of carbonyl (C=O) groups is 1. The molecule has 108 valence electrons. The van der Waals surface area contributed by atoms with E-state index in [0.29, 0.717) is 12.4 Å². The molecule has 0 aliphatic rings. The third kappa shape index (κ3) is 4.51. The van der Waals surface area contributed by atoms with Crippen molar-refractivity contribution < 1.29 is 9.90 Å². The topological polar surface area (TPSA) is 92.1 Å². The molecule has 0 aliphatic carbocycles. The SMILES string of the molecule is CCC(CC)(CO)CNC(=O)NCc1ncn(C)n1. The van der Waals surface area contributed by atoms with Gasteiger partial charge in [-0.05, 0) is 12.8 Å². The maximum absolute atomic E-state index is 11.7. The van der Waals surface area contributed by atoms with Gasteiger partial charge in [0.2, 0.25) is 0 Å². The van der Waals surface area contributed by atoms with E-state index in [-0.39, 0.29) is 24.6 Å². The first-order chi connectivity index (χ1) is 9.05. The van der Waals surface area contributed by atoms with Gasteiger partial charge in [-0.2, -0.15) is 5.10 Å². The number of nitrogens with zero attached hydrogens (tertiary/aromatic N) is 3. The molecule has 0 fully saturated rings. The summed E-state index contributed by atoms with van der Waals surface area (Å²) in [5, 5.41) is 18.9. The molecule has 1 rings (SSSR count). The van der Waals surface area contributed by atoms with Crippen LogP contribution >= 0.6 is 0 Å². The van der Waals surface area contributed by atoms with Gasteiger partial charge in [-0.3, -0.25) is 4.68 Å². The summed E-state index contributed by atoms with van der Waals surface area (Å²) in [6, 6.07) is -0.271. The summed E-state index contributed by atoms with van der Waals surface area (Å²) in [4.78, 5) is 15.7. The standard InChI is InChI=1S/C12H23N5O2/c1-4-12(5-2,8-18)7-14-11(19)13-6-10-15-9-17(3)16-10/h9,18H,4-8H2,1-3H3,(H2,13,14,19). The first-order valence-corrected chi connectivity index (χ1v) is 6.52. The van der Waals surface area contributed by atoms with Crippen LogP contribution in [-0.2, 0) is 13.6 Å². The molecular weight excluding hydrogens is 246 g/mol. The van der Waals surface area contributed by atoms with Crippen LogP contribution in [0, 0.1) is 5.41 Å². The van der Waals surface area contributed by atoms with Gasteiger partial charge in [-0.1, -0.05) is 13.8 Å². The van der Waals surface area contributed by atoms with Gasteiger partial charge in [0.1, 0.15) is 6.33 Å². The zero-order valence-corrected chi connectivity index (χ0v) is 11.8. The van der Waals surface area contributed by atoms with Crippen LogP contribution in [0.4, 0.5) is 4.79 Å². The van der Waals surface area contributed by atoms with Gasteiger partial charge in [0.25, 0.3) is 0 Å². The number of aryl methyl sites for hydroxylation is 1. The monoisotopic (exact) mass is 269 g/mol. The Labute approximate surface area is 113 Å². The summed E-state index contributed by atoms with van der Waals surface area (Å²) < 4.78 is 1.58. The second-order valence-corrected chi connectivity index (χ2v) is 4.74. The van der Waals surface area contributed by atoms with Crippen molar-refractivity contribution in [2.75, 3.05) is 13.2 Å².